The molecule has 0 fully saturated rings. The Balaban J connectivity index is 2.13. The zero-order valence-corrected chi connectivity index (χ0v) is 12.4. The van der Waals surface area contributed by atoms with E-state index < -0.39 is 5.97 Å². The van der Waals surface area contributed by atoms with E-state index in [1.54, 1.807) is 7.11 Å². The first-order chi connectivity index (χ1) is 10.1. The van der Waals surface area contributed by atoms with Gasteiger partial charge in [-0.25, -0.2) is 0 Å². The van der Waals surface area contributed by atoms with Crippen LogP contribution in [0.5, 0.6) is 5.75 Å². The van der Waals surface area contributed by atoms with Gasteiger partial charge in [-0.3, -0.25) is 4.79 Å². The zero-order chi connectivity index (χ0) is 15.2. The summed E-state index contributed by atoms with van der Waals surface area (Å²) < 4.78 is 5.37. The molecule has 21 heavy (non-hydrogen) atoms. The van der Waals surface area contributed by atoms with Gasteiger partial charge in [0.2, 0.25) is 0 Å². The van der Waals surface area contributed by atoms with Crippen LogP contribution in [-0.2, 0) is 11.2 Å². The Kier molecular flexibility index (Phi) is 4.99. The smallest absolute Gasteiger partial charge is 0.303 e. The van der Waals surface area contributed by atoms with Crippen LogP contribution in [0.4, 0.5) is 0 Å². The predicted molar refractivity (Wildman–Crippen MR) is 83.6 cm³/mol. The van der Waals surface area contributed by atoms with Crippen molar-refractivity contribution in [2.45, 2.75) is 19.8 Å². The van der Waals surface area contributed by atoms with Crippen LogP contribution in [0.2, 0.25) is 0 Å². The molecule has 0 spiro atoms. The Morgan fingerprint density at radius 3 is 2.43 bits per heavy atom. The van der Waals surface area contributed by atoms with E-state index in [1.165, 1.54) is 0 Å². The van der Waals surface area contributed by atoms with Crippen molar-refractivity contribution in [3.05, 3.63) is 54.1 Å². The van der Waals surface area contributed by atoms with Gasteiger partial charge in [0, 0.05) is 12.0 Å². The molecule has 2 aromatic rings. The van der Waals surface area contributed by atoms with Gasteiger partial charge in [-0.1, -0.05) is 49.4 Å². The average Bonchev–Trinajstić information content (AvgIpc) is 2.47. The topological polar surface area (TPSA) is 46.5 Å². The highest BCUT2D eigenvalue weighted by atomic mass is 16.5. The van der Waals surface area contributed by atoms with Crippen LogP contribution in [0.3, 0.4) is 0 Å². The minimum Gasteiger partial charge on any atom is -0.496 e. The Morgan fingerprint density at radius 2 is 1.81 bits per heavy atom. The number of benzene rings is 2. The molecule has 0 aliphatic carbocycles. The molecule has 0 aromatic heterocycles. The summed E-state index contributed by atoms with van der Waals surface area (Å²) in [5.74, 6) is 0.247. The quantitative estimate of drug-likeness (QED) is 0.871. The molecule has 2 aromatic carbocycles. The summed E-state index contributed by atoms with van der Waals surface area (Å²) in [6.45, 7) is 1.96. The van der Waals surface area contributed by atoms with Crippen molar-refractivity contribution in [2.24, 2.45) is 5.92 Å². The van der Waals surface area contributed by atoms with Crippen molar-refractivity contribution in [1.29, 1.82) is 0 Å². The molecular formula is C18H20O3. The number of rotatable bonds is 6. The lowest BCUT2D eigenvalue weighted by Gasteiger charge is -2.11. The van der Waals surface area contributed by atoms with E-state index in [1.807, 2.05) is 31.2 Å². The summed E-state index contributed by atoms with van der Waals surface area (Å²) in [7, 11) is 1.67. The second-order valence-corrected chi connectivity index (χ2v) is 5.30. The summed E-state index contributed by atoms with van der Waals surface area (Å²) >= 11 is 0. The van der Waals surface area contributed by atoms with Gasteiger partial charge >= 0.3 is 5.97 Å². The Bertz CT molecular complexity index is 602. The maximum Gasteiger partial charge on any atom is 0.303 e. The third-order valence-electron chi connectivity index (χ3n) is 3.48. The first kappa shape index (κ1) is 15.1. The average molecular weight is 284 g/mol. The van der Waals surface area contributed by atoms with Gasteiger partial charge in [-0.15, -0.1) is 0 Å². The molecule has 0 saturated heterocycles. The third-order valence-corrected chi connectivity index (χ3v) is 3.48. The summed E-state index contributed by atoms with van der Waals surface area (Å²) in [5.41, 5.74) is 3.31. The molecule has 0 heterocycles. The van der Waals surface area contributed by atoms with Crippen molar-refractivity contribution in [2.75, 3.05) is 7.11 Å². The van der Waals surface area contributed by atoms with Crippen LogP contribution in [-0.4, -0.2) is 18.2 Å². The molecule has 1 unspecified atom stereocenters. The standard InChI is InChI=1S/C18H20O3/c1-13(12-18(19)20)11-14-7-9-15(10-8-14)16-5-3-4-6-17(16)21-2/h3-10,13H,11-12H2,1-2H3,(H,19,20). The molecule has 0 amide bonds. The minimum absolute atomic E-state index is 0.139. The van der Waals surface area contributed by atoms with Crippen LogP contribution in [0, 0.1) is 5.92 Å². The lowest BCUT2D eigenvalue weighted by Crippen LogP contribution is -2.06. The van der Waals surface area contributed by atoms with E-state index in [-0.39, 0.29) is 12.3 Å². The van der Waals surface area contributed by atoms with Crippen LogP contribution in [0.1, 0.15) is 18.9 Å². The number of methoxy groups -OCH3 is 1. The molecule has 110 valence electrons. The van der Waals surface area contributed by atoms with Crippen LogP contribution in [0.15, 0.2) is 48.5 Å². The molecule has 1 atom stereocenters. The van der Waals surface area contributed by atoms with E-state index in [0.717, 1.165) is 28.9 Å². The van der Waals surface area contributed by atoms with Gasteiger partial charge in [0.05, 0.1) is 7.11 Å². The maximum absolute atomic E-state index is 10.7. The molecular weight excluding hydrogens is 264 g/mol. The lowest BCUT2D eigenvalue weighted by molar-refractivity contribution is -0.137. The number of carbonyl (C=O) groups is 1. The van der Waals surface area contributed by atoms with Crippen molar-refractivity contribution < 1.29 is 14.6 Å². The highest BCUT2D eigenvalue weighted by molar-refractivity contribution is 5.70. The SMILES string of the molecule is COc1ccccc1-c1ccc(CC(C)CC(=O)O)cc1. The Hall–Kier alpha value is -2.29. The van der Waals surface area contributed by atoms with Gasteiger partial charge in [0.15, 0.2) is 0 Å². The number of ether oxygens (including phenoxy) is 1. The molecule has 0 radical (unpaired) electrons. The number of aliphatic carboxylic acids is 1. The molecule has 0 aliphatic heterocycles. The van der Waals surface area contributed by atoms with Crippen LogP contribution in [0.25, 0.3) is 11.1 Å². The van der Waals surface area contributed by atoms with Gasteiger partial charge in [0.25, 0.3) is 0 Å². The van der Waals surface area contributed by atoms with Gasteiger partial charge < -0.3 is 9.84 Å². The molecule has 0 bridgehead atoms. The Labute approximate surface area is 125 Å². The number of carboxylic acids is 1. The fourth-order valence-corrected chi connectivity index (χ4v) is 2.48. The minimum atomic E-state index is -0.742. The molecule has 0 saturated carbocycles. The van der Waals surface area contributed by atoms with Gasteiger partial charge in [0.1, 0.15) is 5.75 Å². The summed E-state index contributed by atoms with van der Waals surface area (Å²) in [6, 6.07) is 16.1. The van der Waals surface area contributed by atoms with E-state index in [9.17, 15) is 4.79 Å². The van der Waals surface area contributed by atoms with Crippen molar-refractivity contribution in [3.8, 4) is 16.9 Å². The van der Waals surface area contributed by atoms with Crippen molar-refractivity contribution >= 4 is 5.97 Å². The second kappa shape index (κ2) is 6.93. The molecule has 0 aliphatic rings. The largest absolute Gasteiger partial charge is 0.496 e. The van der Waals surface area contributed by atoms with E-state index in [0.29, 0.717) is 0 Å². The summed E-state index contributed by atoms with van der Waals surface area (Å²) in [5, 5.41) is 8.80. The monoisotopic (exact) mass is 284 g/mol. The fraction of sp³-hybridized carbons (Fsp3) is 0.278. The lowest BCUT2D eigenvalue weighted by atomic mass is 9.96. The normalized spacial score (nSPS) is 11.9. The van der Waals surface area contributed by atoms with Crippen molar-refractivity contribution in [3.63, 3.8) is 0 Å². The van der Waals surface area contributed by atoms with E-state index in [2.05, 4.69) is 24.3 Å². The molecule has 3 heteroatoms. The highest BCUT2D eigenvalue weighted by Crippen LogP contribution is 2.29. The first-order valence-electron chi connectivity index (χ1n) is 7.04. The van der Waals surface area contributed by atoms with E-state index in [4.69, 9.17) is 9.84 Å². The second-order valence-electron chi connectivity index (χ2n) is 5.30. The van der Waals surface area contributed by atoms with Crippen LogP contribution >= 0.6 is 0 Å². The van der Waals surface area contributed by atoms with Crippen molar-refractivity contribution in [1.82, 2.24) is 0 Å². The first-order valence-corrected chi connectivity index (χ1v) is 7.04. The van der Waals surface area contributed by atoms with E-state index >= 15 is 0 Å². The predicted octanol–water partition coefficient (Wildman–Crippen LogP) is 4.02. The van der Waals surface area contributed by atoms with Gasteiger partial charge in [-0.2, -0.15) is 0 Å². The third kappa shape index (κ3) is 4.09. The summed E-state index contributed by atoms with van der Waals surface area (Å²) in [4.78, 5) is 10.7. The number of hydrogen-bond donors (Lipinski definition) is 1. The number of hydrogen-bond acceptors (Lipinski definition) is 2. The van der Waals surface area contributed by atoms with Gasteiger partial charge in [-0.05, 0) is 29.5 Å². The fourth-order valence-electron chi connectivity index (χ4n) is 2.48. The molecule has 3 nitrogen and oxygen atoms in total. The maximum atomic E-state index is 10.7. The molecule has 2 rings (SSSR count). The highest BCUT2D eigenvalue weighted by Gasteiger charge is 2.09. The number of carboxylic acid groups (broad SMARTS) is 1. The zero-order valence-electron chi connectivity index (χ0n) is 12.4. The van der Waals surface area contributed by atoms with Crippen LogP contribution < -0.4 is 4.74 Å². The molecule has 1 N–H and O–H groups in total. The number of para-hydroxylation sites is 1. The summed E-state index contributed by atoms with van der Waals surface area (Å²) in [6.07, 6.45) is 0.979. The Morgan fingerprint density at radius 1 is 1.14 bits per heavy atom.